The van der Waals surface area contributed by atoms with Crippen LogP contribution in [0.5, 0.6) is 0 Å². The summed E-state index contributed by atoms with van der Waals surface area (Å²) in [6, 6.07) is 28.2. The minimum atomic E-state index is -0.237. The van der Waals surface area contributed by atoms with Crippen molar-refractivity contribution >= 4 is 29.6 Å². The maximum Gasteiger partial charge on any atom is 0.123 e. The molecule has 4 aromatic carbocycles. The van der Waals surface area contributed by atoms with Crippen molar-refractivity contribution in [3.05, 3.63) is 159 Å². The molecule has 0 saturated carbocycles. The normalized spacial score (nSPS) is 17.7. The number of allylic oxidation sites excluding steroid dienone is 3. The summed E-state index contributed by atoms with van der Waals surface area (Å²) in [7, 11) is 0. The Bertz CT molecular complexity index is 1760. The van der Waals surface area contributed by atoms with E-state index >= 15 is 0 Å². The van der Waals surface area contributed by atoms with E-state index in [0.29, 0.717) is 0 Å². The van der Waals surface area contributed by atoms with E-state index in [0.717, 1.165) is 53.0 Å². The van der Waals surface area contributed by atoms with Crippen LogP contribution in [0.1, 0.15) is 34.2 Å². The smallest absolute Gasteiger partial charge is 0.123 e. The number of hydrogen-bond donors (Lipinski definition) is 2. The molecule has 2 aliphatic heterocycles. The maximum absolute atomic E-state index is 13.9. The quantitative estimate of drug-likeness (QED) is 0.259. The van der Waals surface area contributed by atoms with Gasteiger partial charge in [-0.2, -0.15) is 0 Å². The zero-order valence-electron chi connectivity index (χ0n) is 21.9. The standard InChI is InChI=1S/C36H28F2N2/c37-29-10-3-6-23(18-29)14-16-25-9-5-13-34-31(25)22-28-20-26(17-15-24-7-4-11-30(38)19-24)32-21-27-8-1-2-12-33(27)39-36(32)35(28)40-34/h1-19,26,39-40H,20-22H2. The van der Waals surface area contributed by atoms with Crippen LogP contribution in [0.2, 0.25) is 0 Å². The van der Waals surface area contributed by atoms with Crippen molar-refractivity contribution in [1.29, 1.82) is 0 Å². The number of benzene rings is 4. The predicted molar refractivity (Wildman–Crippen MR) is 160 cm³/mol. The van der Waals surface area contributed by atoms with Gasteiger partial charge in [0.15, 0.2) is 0 Å². The lowest BCUT2D eigenvalue weighted by atomic mass is 9.75. The topological polar surface area (TPSA) is 24.1 Å². The van der Waals surface area contributed by atoms with E-state index in [-0.39, 0.29) is 17.6 Å². The van der Waals surface area contributed by atoms with Crippen molar-refractivity contribution in [1.82, 2.24) is 0 Å². The van der Waals surface area contributed by atoms with Crippen molar-refractivity contribution in [3.63, 3.8) is 0 Å². The average Bonchev–Trinajstić information content (AvgIpc) is 2.97. The van der Waals surface area contributed by atoms with Gasteiger partial charge in [0.25, 0.3) is 0 Å². The largest absolute Gasteiger partial charge is 0.354 e. The average molecular weight is 527 g/mol. The Hall–Kier alpha value is -4.70. The Kier molecular flexibility index (Phi) is 6.16. The van der Waals surface area contributed by atoms with E-state index in [9.17, 15) is 8.78 Å². The summed E-state index contributed by atoms with van der Waals surface area (Å²) in [5.41, 5.74) is 12.6. The van der Waals surface area contributed by atoms with Crippen molar-refractivity contribution in [2.24, 2.45) is 5.92 Å². The van der Waals surface area contributed by atoms with E-state index < -0.39 is 0 Å². The molecule has 4 aromatic rings. The first-order valence-electron chi connectivity index (χ1n) is 13.7. The Morgan fingerprint density at radius 1 is 0.650 bits per heavy atom. The molecule has 0 bridgehead atoms. The molecule has 2 heterocycles. The summed E-state index contributed by atoms with van der Waals surface area (Å²) in [5.74, 6) is -0.272. The molecule has 0 aromatic heterocycles. The monoisotopic (exact) mass is 526 g/mol. The van der Waals surface area contributed by atoms with E-state index in [1.165, 1.54) is 40.1 Å². The second kappa shape index (κ2) is 10.1. The first-order valence-corrected chi connectivity index (χ1v) is 13.7. The molecule has 1 aliphatic carbocycles. The summed E-state index contributed by atoms with van der Waals surface area (Å²) in [6.45, 7) is 0. The highest BCUT2D eigenvalue weighted by molar-refractivity contribution is 5.79. The van der Waals surface area contributed by atoms with Gasteiger partial charge < -0.3 is 10.6 Å². The van der Waals surface area contributed by atoms with Gasteiger partial charge in [-0.05, 0) is 94.6 Å². The Morgan fingerprint density at radius 3 is 2.15 bits per heavy atom. The van der Waals surface area contributed by atoms with Gasteiger partial charge in [-0.15, -0.1) is 0 Å². The van der Waals surface area contributed by atoms with Crippen LogP contribution < -0.4 is 10.6 Å². The van der Waals surface area contributed by atoms with E-state index in [1.807, 2.05) is 24.3 Å². The molecule has 4 heteroatoms. The lowest BCUT2D eigenvalue weighted by Gasteiger charge is -2.38. The van der Waals surface area contributed by atoms with Crippen LogP contribution in [-0.2, 0) is 12.8 Å². The summed E-state index contributed by atoms with van der Waals surface area (Å²) >= 11 is 0. The van der Waals surface area contributed by atoms with Gasteiger partial charge in [0.05, 0.1) is 11.4 Å². The van der Waals surface area contributed by atoms with Crippen LogP contribution in [0.15, 0.2) is 120 Å². The van der Waals surface area contributed by atoms with Gasteiger partial charge in [0.2, 0.25) is 0 Å². The van der Waals surface area contributed by atoms with Crippen molar-refractivity contribution < 1.29 is 8.78 Å². The third kappa shape index (κ3) is 4.66. The molecule has 0 saturated heterocycles. The fraction of sp³-hybridized carbons (Fsp3) is 0.111. The number of fused-ring (bicyclic) bond motifs is 3. The zero-order valence-corrected chi connectivity index (χ0v) is 21.9. The lowest BCUT2D eigenvalue weighted by molar-refractivity contribution is 0.627. The lowest BCUT2D eigenvalue weighted by Crippen LogP contribution is -2.29. The van der Waals surface area contributed by atoms with E-state index in [2.05, 4.69) is 65.3 Å². The van der Waals surface area contributed by atoms with E-state index in [4.69, 9.17) is 0 Å². The maximum atomic E-state index is 13.9. The van der Waals surface area contributed by atoms with Gasteiger partial charge in [-0.25, -0.2) is 8.78 Å². The van der Waals surface area contributed by atoms with Gasteiger partial charge in [0, 0.05) is 17.3 Å². The third-order valence-corrected chi connectivity index (χ3v) is 8.03. The molecule has 196 valence electrons. The van der Waals surface area contributed by atoms with Crippen LogP contribution in [0.25, 0.3) is 18.2 Å². The Balaban J connectivity index is 1.25. The number of rotatable bonds is 4. The number of hydrogen-bond acceptors (Lipinski definition) is 2. The first-order chi connectivity index (χ1) is 19.6. The summed E-state index contributed by atoms with van der Waals surface area (Å²) < 4.78 is 27.6. The van der Waals surface area contributed by atoms with Crippen molar-refractivity contribution in [2.75, 3.05) is 10.6 Å². The molecule has 0 radical (unpaired) electrons. The highest BCUT2D eigenvalue weighted by Gasteiger charge is 2.34. The fourth-order valence-electron chi connectivity index (χ4n) is 6.06. The molecule has 1 unspecified atom stereocenters. The van der Waals surface area contributed by atoms with Gasteiger partial charge in [-0.1, -0.05) is 78.9 Å². The molecule has 0 amide bonds. The van der Waals surface area contributed by atoms with Gasteiger partial charge >= 0.3 is 0 Å². The second-order valence-electron chi connectivity index (χ2n) is 10.6. The molecular formula is C36H28F2N2. The van der Waals surface area contributed by atoms with Gasteiger partial charge in [-0.3, -0.25) is 0 Å². The van der Waals surface area contributed by atoms with Crippen molar-refractivity contribution in [3.8, 4) is 0 Å². The van der Waals surface area contributed by atoms with Gasteiger partial charge in [0.1, 0.15) is 11.6 Å². The molecule has 0 fully saturated rings. The Morgan fingerprint density at radius 2 is 1.35 bits per heavy atom. The molecule has 7 rings (SSSR count). The highest BCUT2D eigenvalue weighted by Crippen LogP contribution is 2.46. The number of anilines is 2. The second-order valence-corrected chi connectivity index (χ2v) is 10.6. The van der Waals surface area contributed by atoms with Crippen LogP contribution in [0.4, 0.5) is 20.2 Å². The van der Waals surface area contributed by atoms with Crippen LogP contribution in [-0.4, -0.2) is 0 Å². The third-order valence-electron chi connectivity index (χ3n) is 8.03. The van der Waals surface area contributed by atoms with Crippen LogP contribution >= 0.6 is 0 Å². The number of para-hydroxylation sites is 1. The summed E-state index contributed by atoms with van der Waals surface area (Å²) in [6.07, 6.45) is 10.9. The predicted octanol–water partition coefficient (Wildman–Crippen LogP) is 9.01. The zero-order chi connectivity index (χ0) is 27.1. The fourth-order valence-corrected chi connectivity index (χ4v) is 6.06. The highest BCUT2D eigenvalue weighted by atomic mass is 19.1. The Labute approximate surface area is 233 Å². The molecule has 2 N–H and O–H groups in total. The summed E-state index contributed by atoms with van der Waals surface area (Å²) in [5, 5.41) is 7.52. The number of nitrogens with one attached hydrogen (secondary N) is 2. The minimum Gasteiger partial charge on any atom is -0.354 e. The van der Waals surface area contributed by atoms with Crippen LogP contribution in [0, 0.1) is 17.6 Å². The van der Waals surface area contributed by atoms with E-state index in [1.54, 1.807) is 24.3 Å². The molecule has 1 atom stereocenters. The van der Waals surface area contributed by atoms with Crippen LogP contribution in [0.3, 0.4) is 0 Å². The molecule has 0 spiro atoms. The SMILES string of the molecule is Fc1cccc(C=Cc2cccc3c2CC2=C(N3)C3=C(Cc4ccccc4N3)C(C=Cc3cccc(F)c3)C2)c1. The summed E-state index contributed by atoms with van der Waals surface area (Å²) in [4.78, 5) is 0. The molecule has 40 heavy (non-hydrogen) atoms. The molecule has 3 aliphatic rings. The molecule has 2 nitrogen and oxygen atoms in total. The minimum absolute atomic E-state index is 0.191. The first kappa shape index (κ1) is 24.3. The van der Waals surface area contributed by atoms with Crippen molar-refractivity contribution in [2.45, 2.75) is 19.3 Å². The number of halogens is 2. The molecular weight excluding hydrogens is 498 g/mol.